The van der Waals surface area contributed by atoms with Crippen LogP contribution in [0.1, 0.15) is 81.9 Å². The first-order valence-corrected chi connectivity index (χ1v) is 8.60. The third kappa shape index (κ3) is 2.93. The molecule has 0 aromatic heterocycles. The molecule has 0 radical (unpaired) electrons. The molecular formula is C19H29N. The van der Waals surface area contributed by atoms with Gasteiger partial charge in [0.25, 0.3) is 0 Å². The molecule has 0 heterocycles. The lowest BCUT2D eigenvalue weighted by atomic mass is 9.79. The van der Waals surface area contributed by atoms with Crippen LogP contribution >= 0.6 is 0 Å². The molecule has 110 valence electrons. The topological polar surface area (TPSA) is 12.0 Å². The second-order valence-electron chi connectivity index (χ2n) is 7.01. The highest BCUT2D eigenvalue weighted by molar-refractivity contribution is 5.35. The van der Waals surface area contributed by atoms with Crippen LogP contribution in [0.2, 0.25) is 0 Å². The van der Waals surface area contributed by atoms with E-state index in [9.17, 15) is 0 Å². The molecule has 3 rings (SSSR count). The van der Waals surface area contributed by atoms with E-state index in [2.05, 4.69) is 43.4 Å². The van der Waals surface area contributed by atoms with E-state index in [0.29, 0.717) is 12.1 Å². The summed E-state index contributed by atoms with van der Waals surface area (Å²) in [6, 6.07) is 10.3. The molecular weight excluding hydrogens is 242 g/mol. The minimum atomic E-state index is 0.583. The lowest BCUT2D eigenvalue weighted by Gasteiger charge is -2.36. The summed E-state index contributed by atoms with van der Waals surface area (Å²) in [4.78, 5) is 0. The molecule has 1 heteroatoms. The van der Waals surface area contributed by atoms with Crippen molar-refractivity contribution in [3.05, 3.63) is 35.4 Å². The van der Waals surface area contributed by atoms with Gasteiger partial charge in [-0.2, -0.15) is 0 Å². The van der Waals surface area contributed by atoms with Crippen molar-refractivity contribution in [1.82, 2.24) is 5.32 Å². The van der Waals surface area contributed by atoms with E-state index in [1.54, 1.807) is 11.1 Å². The van der Waals surface area contributed by atoms with Gasteiger partial charge in [-0.1, -0.05) is 50.5 Å². The van der Waals surface area contributed by atoms with Crippen LogP contribution in [-0.2, 0) is 0 Å². The number of fused-ring (bicyclic) bond motifs is 1. The number of hydrogen-bond donors (Lipinski definition) is 1. The molecule has 1 fully saturated rings. The molecule has 2 aliphatic rings. The maximum Gasteiger partial charge on any atom is 0.0325 e. The Morgan fingerprint density at radius 1 is 0.950 bits per heavy atom. The van der Waals surface area contributed by atoms with Crippen LogP contribution in [0.15, 0.2) is 24.3 Å². The van der Waals surface area contributed by atoms with E-state index in [-0.39, 0.29) is 0 Å². The third-order valence-electron chi connectivity index (χ3n) is 5.61. The summed E-state index contributed by atoms with van der Waals surface area (Å²) >= 11 is 0. The first-order chi connectivity index (χ1) is 9.75. The maximum atomic E-state index is 3.97. The zero-order valence-electron chi connectivity index (χ0n) is 13.1. The average Bonchev–Trinajstić information content (AvgIpc) is 2.51. The fraction of sp³-hybridized carbons (Fsp3) is 0.684. The van der Waals surface area contributed by atoms with Crippen molar-refractivity contribution in [2.45, 2.75) is 76.8 Å². The van der Waals surface area contributed by atoms with Crippen LogP contribution in [0.4, 0.5) is 0 Å². The van der Waals surface area contributed by atoms with Gasteiger partial charge in [0.05, 0.1) is 0 Å². The summed E-state index contributed by atoms with van der Waals surface area (Å²) in [5.41, 5.74) is 3.14. The molecule has 0 aliphatic heterocycles. The quantitative estimate of drug-likeness (QED) is 0.798. The van der Waals surface area contributed by atoms with E-state index < -0.39 is 0 Å². The lowest BCUT2D eigenvalue weighted by Crippen LogP contribution is -2.38. The summed E-state index contributed by atoms with van der Waals surface area (Å²) in [7, 11) is 0. The molecule has 1 nitrogen and oxygen atoms in total. The van der Waals surface area contributed by atoms with Gasteiger partial charge in [0.15, 0.2) is 0 Å². The Balaban J connectivity index is 1.70. The molecule has 20 heavy (non-hydrogen) atoms. The zero-order chi connectivity index (χ0) is 13.9. The molecule has 0 bridgehead atoms. The van der Waals surface area contributed by atoms with E-state index in [4.69, 9.17) is 0 Å². The van der Waals surface area contributed by atoms with E-state index in [1.165, 1.54) is 44.9 Å². The van der Waals surface area contributed by atoms with Gasteiger partial charge in [-0.05, 0) is 55.6 Å². The molecule has 0 spiro atoms. The largest absolute Gasteiger partial charge is 0.307 e. The van der Waals surface area contributed by atoms with Crippen LogP contribution in [0.25, 0.3) is 0 Å². The van der Waals surface area contributed by atoms with E-state index in [0.717, 1.165) is 11.8 Å². The van der Waals surface area contributed by atoms with E-state index in [1.807, 2.05) is 0 Å². The lowest BCUT2D eigenvalue weighted by molar-refractivity contribution is 0.254. The minimum Gasteiger partial charge on any atom is -0.307 e. The Morgan fingerprint density at radius 2 is 1.65 bits per heavy atom. The number of hydrogen-bond acceptors (Lipinski definition) is 1. The van der Waals surface area contributed by atoms with Crippen molar-refractivity contribution < 1.29 is 0 Å². The summed E-state index contributed by atoms with van der Waals surface area (Å²) in [6.07, 6.45) is 9.82. The molecule has 3 atom stereocenters. The fourth-order valence-electron chi connectivity index (χ4n) is 4.27. The van der Waals surface area contributed by atoms with Gasteiger partial charge in [0.2, 0.25) is 0 Å². The second-order valence-corrected chi connectivity index (χ2v) is 7.01. The van der Waals surface area contributed by atoms with Crippen molar-refractivity contribution in [2.24, 2.45) is 5.92 Å². The number of benzene rings is 1. The Kier molecular flexibility index (Phi) is 4.45. The van der Waals surface area contributed by atoms with Crippen molar-refractivity contribution in [3.8, 4) is 0 Å². The smallest absolute Gasteiger partial charge is 0.0325 e. The van der Waals surface area contributed by atoms with Crippen LogP contribution in [0.3, 0.4) is 0 Å². The first kappa shape index (κ1) is 14.1. The van der Waals surface area contributed by atoms with Crippen LogP contribution in [0.5, 0.6) is 0 Å². The first-order valence-electron chi connectivity index (χ1n) is 8.60. The second kappa shape index (κ2) is 6.30. The standard InChI is InChI=1S/C19H29N/c1-14-12-13-19(18-11-7-6-10-17(14)18)20-15(2)16-8-4-3-5-9-16/h6-7,10-11,14-16,19-20H,3-5,8-9,12-13H2,1-2H3. The number of rotatable bonds is 3. The van der Waals surface area contributed by atoms with E-state index >= 15 is 0 Å². The molecule has 0 amide bonds. The molecule has 1 aromatic rings. The predicted molar refractivity (Wildman–Crippen MR) is 86.0 cm³/mol. The monoisotopic (exact) mass is 271 g/mol. The highest BCUT2D eigenvalue weighted by atomic mass is 15.0. The Hall–Kier alpha value is -0.820. The minimum absolute atomic E-state index is 0.583. The molecule has 3 unspecified atom stereocenters. The molecule has 2 aliphatic carbocycles. The van der Waals surface area contributed by atoms with Gasteiger partial charge in [0, 0.05) is 12.1 Å². The van der Waals surface area contributed by atoms with Gasteiger partial charge < -0.3 is 5.32 Å². The van der Waals surface area contributed by atoms with Gasteiger partial charge in [-0.15, -0.1) is 0 Å². The van der Waals surface area contributed by atoms with Crippen molar-refractivity contribution in [3.63, 3.8) is 0 Å². The van der Waals surface area contributed by atoms with Gasteiger partial charge in [0.1, 0.15) is 0 Å². The highest BCUT2D eigenvalue weighted by Crippen LogP contribution is 2.38. The summed E-state index contributed by atoms with van der Waals surface area (Å²) in [6.45, 7) is 4.79. The predicted octanol–water partition coefficient (Wildman–Crippen LogP) is 5.18. The van der Waals surface area contributed by atoms with Crippen LogP contribution in [0, 0.1) is 5.92 Å². The van der Waals surface area contributed by atoms with Crippen molar-refractivity contribution in [1.29, 1.82) is 0 Å². The van der Waals surface area contributed by atoms with Crippen molar-refractivity contribution >= 4 is 0 Å². The summed E-state index contributed by atoms with van der Waals surface area (Å²) in [5, 5.41) is 3.97. The normalized spacial score (nSPS) is 28.9. The average molecular weight is 271 g/mol. The SMILES string of the molecule is CC1CCC(NC(C)C2CCCCC2)c2ccccc21. The maximum absolute atomic E-state index is 3.97. The van der Waals surface area contributed by atoms with Crippen molar-refractivity contribution in [2.75, 3.05) is 0 Å². The summed E-state index contributed by atoms with van der Waals surface area (Å²) < 4.78 is 0. The van der Waals surface area contributed by atoms with Crippen LogP contribution < -0.4 is 5.32 Å². The molecule has 1 N–H and O–H groups in total. The Bertz CT molecular complexity index is 433. The molecule has 1 saturated carbocycles. The Labute approximate surface area is 124 Å². The summed E-state index contributed by atoms with van der Waals surface area (Å²) in [5.74, 6) is 1.63. The fourth-order valence-corrected chi connectivity index (χ4v) is 4.27. The molecule has 0 saturated heterocycles. The third-order valence-corrected chi connectivity index (χ3v) is 5.61. The Morgan fingerprint density at radius 3 is 2.40 bits per heavy atom. The zero-order valence-corrected chi connectivity index (χ0v) is 13.1. The van der Waals surface area contributed by atoms with Crippen LogP contribution in [-0.4, -0.2) is 6.04 Å². The van der Waals surface area contributed by atoms with Gasteiger partial charge in [-0.25, -0.2) is 0 Å². The highest BCUT2D eigenvalue weighted by Gasteiger charge is 2.27. The molecule has 1 aromatic carbocycles. The van der Waals surface area contributed by atoms with Gasteiger partial charge >= 0.3 is 0 Å². The number of nitrogens with one attached hydrogen (secondary N) is 1. The van der Waals surface area contributed by atoms with Gasteiger partial charge in [-0.3, -0.25) is 0 Å².